The molecule has 1 aliphatic rings. The number of aromatic nitrogens is 3. The molecule has 2 N–H and O–H groups in total. The molecule has 0 spiro atoms. The van der Waals surface area contributed by atoms with Gasteiger partial charge in [-0.2, -0.15) is 5.10 Å². The molecule has 0 aliphatic carbocycles. The van der Waals surface area contributed by atoms with Crippen molar-refractivity contribution >= 4 is 17.3 Å². The van der Waals surface area contributed by atoms with Gasteiger partial charge in [-0.3, -0.25) is 4.98 Å². The van der Waals surface area contributed by atoms with Gasteiger partial charge < -0.3 is 10.6 Å². The van der Waals surface area contributed by atoms with Crippen LogP contribution in [-0.2, 0) is 6.54 Å². The summed E-state index contributed by atoms with van der Waals surface area (Å²) in [5.41, 5.74) is 3.14. The third kappa shape index (κ3) is 3.08. The number of hydrogen-bond donors (Lipinski definition) is 2. The lowest BCUT2D eigenvalue weighted by molar-refractivity contribution is 0.401. The molecule has 1 atom stereocenters. The minimum atomic E-state index is -0.460. The van der Waals surface area contributed by atoms with Gasteiger partial charge in [0.25, 0.3) is 0 Å². The highest BCUT2D eigenvalue weighted by molar-refractivity contribution is 6.31. The number of halogens is 3. The summed E-state index contributed by atoms with van der Waals surface area (Å²) >= 11 is 5.84. The molecule has 0 radical (unpaired) electrons. The Hall–Kier alpha value is -2.51. The number of rotatable bonds is 3. The Balaban J connectivity index is 1.64. The Morgan fingerprint density at radius 2 is 2.08 bits per heavy atom. The van der Waals surface area contributed by atoms with Crippen molar-refractivity contribution in [1.29, 1.82) is 0 Å². The van der Waals surface area contributed by atoms with Gasteiger partial charge in [-0.15, -0.1) is 0 Å². The lowest BCUT2D eigenvalue weighted by Gasteiger charge is -2.27. The van der Waals surface area contributed by atoms with Crippen LogP contribution in [0.25, 0.3) is 11.3 Å². The molecule has 0 saturated heterocycles. The quantitative estimate of drug-likeness (QED) is 0.748. The molecule has 1 unspecified atom stereocenters. The summed E-state index contributed by atoms with van der Waals surface area (Å²) in [5, 5.41) is 11.1. The Morgan fingerprint density at radius 1 is 1.20 bits per heavy atom. The van der Waals surface area contributed by atoms with Crippen molar-refractivity contribution in [3.8, 4) is 11.3 Å². The van der Waals surface area contributed by atoms with Crippen LogP contribution in [0, 0.1) is 11.6 Å². The Morgan fingerprint density at radius 3 is 2.84 bits per heavy atom. The maximum atomic E-state index is 13.3. The first-order valence-corrected chi connectivity index (χ1v) is 8.10. The fourth-order valence-electron chi connectivity index (χ4n) is 2.89. The number of fused-ring (bicyclic) bond motifs is 1. The first-order chi connectivity index (χ1) is 12.1. The van der Waals surface area contributed by atoms with E-state index in [1.165, 1.54) is 24.4 Å². The monoisotopic (exact) mass is 361 g/mol. The van der Waals surface area contributed by atoms with Crippen LogP contribution in [0.3, 0.4) is 0 Å². The molecule has 0 saturated carbocycles. The van der Waals surface area contributed by atoms with E-state index in [1.807, 2.05) is 4.68 Å². The highest BCUT2D eigenvalue weighted by Gasteiger charge is 2.24. The Kier molecular flexibility index (Phi) is 4.10. The number of hydrogen-bond acceptors (Lipinski definition) is 4. The fourth-order valence-corrected chi connectivity index (χ4v) is 3.07. The van der Waals surface area contributed by atoms with Crippen LogP contribution in [0.4, 0.5) is 14.5 Å². The van der Waals surface area contributed by atoms with E-state index in [1.54, 1.807) is 18.3 Å². The van der Waals surface area contributed by atoms with Gasteiger partial charge in [0.05, 0.1) is 28.8 Å². The molecular weight excluding hydrogens is 348 g/mol. The van der Waals surface area contributed by atoms with E-state index in [9.17, 15) is 8.78 Å². The smallest absolute Gasteiger partial charge is 0.141 e. The van der Waals surface area contributed by atoms with Crippen molar-refractivity contribution in [3.63, 3.8) is 0 Å². The molecule has 3 heterocycles. The van der Waals surface area contributed by atoms with Gasteiger partial charge in [0.15, 0.2) is 0 Å². The van der Waals surface area contributed by atoms with E-state index in [0.717, 1.165) is 11.3 Å². The predicted octanol–water partition coefficient (Wildman–Crippen LogP) is 3.59. The molecule has 4 rings (SSSR count). The molecule has 0 bridgehead atoms. The van der Waals surface area contributed by atoms with Gasteiger partial charge >= 0.3 is 0 Å². The summed E-state index contributed by atoms with van der Waals surface area (Å²) in [4.78, 5) is 4.12. The molecule has 2 aromatic heterocycles. The van der Waals surface area contributed by atoms with E-state index in [-0.39, 0.29) is 17.0 Å². The van der Waals surface area contributed by atoms with E-state index >= 15 is 0 Å². The van der Waals surface area contributed by atoms with E-state index in [4.69, 9.17) is 11.6 Å². The maximum Gasteiger partial charge on any atom is 0.141 e. The summed E-state index contributed by atoms with van der Waals surface area (Å²) in [7, 11) is 0. The molecule has 8 heteroatoms. The average Bonchev–Trinajstić information content (AvgIpc) is 3.04. The normalized spacial score (nSPS) is 16.5. The Bertz CT molecular complexity index is 910. The lowest BCUT2D eigenvalue weighted by atomic mass is 10.1. The molecule has 128 valence electrons. The maximum absolute atomic E-state index is 13.3. The Labute approximate surface area is 147 Å². The van der Waals surface area contributed by atoms with Crippen molar-refractivity contribution in [2.45, 2.75) is 12.7 Å². The minimum Gasteiger partial charge on any atom is -0.363 e. The van der Waals surface area contributed by atoms with Gasteiger partial charge in [-0.05, 0) is 30.3 Å². The predicted molar refractivity (Wildman–Crippen MR) is 91.2 cm³/mol. The summed E-state index contributed by atoms with van der Waals surface area (Å²) < 4.78 is 28.3. The summed E-state index contributed by atoms with van der Waals surface area (Å²) in [6.07, 6.45) is 2.74. The number of anilines is 1. The summed E-state index contributed by atoms with van der Waals surface area (Å²) in [5.74, 6) is -0.839. The summed E-state index contributed by atoms with van der Waals surface area (Å²) in [6, 6.07) is 7.49. The number of nitrogens with zero attached hydrogens (tertiary/aromatic N) is 3. The van der Waals surface area contributed by atoms with E-state index in [0.29, 0.717) is 24.5 Å². The van der Waals surface area contributed by atoms with Crippen LogP contribution < -0.4 is 10.6 Å². The molecule has 3 aromatic rings. The number of benzene rings is 1. The standard InChI is InChI=1S/C17H14ClF2N5/c18-13-5-11(2-3-14(13)20)24-17-9-21-8-16-12(7-23-25(16)17)15-4-1-10(19)6-22-15/h1-7,17,21,24H,8-9H2. The van der Waals surface area contributed by atoms with Crippen LogP contribution in [0.2, 0.25) is 5.02 Å². The van der Waals surface area contributed by atoms with Crippen LogP contribution in [0.15, 0.2) is 42.7 Å². The van der Waals surface area contributed by atoms with Crippen LogP contribution in [0.1, 0.15) is 11.9 Å². The van der Waals surface area contributed by atoms with Gasteiger partial charge in [-0.25, -0.2) is 13.5 Å². The highest BCUT2D eigenvalue weighted by Crippen LogP contribution is 2.28. The second-order valence-corrected chi connectivity index (χ2v) is 6.14. The minimum absolute atomic E-state index is 0.0608. The molecule has 1 aromatic carbocycles. The molecule has 25 heavy (non-hydrogen) atoms. The van der Waals surface area contributed by atoms with E-state index < -0.39 is 5.82 Å². The van der Waals surface area contributed by atoms with Crippen molar-refractivity contribution in [2.24, 2.45) is 0 Å². The first-order valence-electron chi connectivity index (χ1n) is 7.72. The SMILES string of the molecule is Fc1ccc(-c2cnn3c2CNCC3Nc2ccc(F)c(Cl)c2)nc1. The third-order valence-electron chi connectivity index (χ3n) is 4.08. The van der Waals surface area contributed by atoms with Crippen LogP contribution >= 0.6 is 11.6 Å². The number of pyridine rings is 1. The zero-order valence-corrected chi connectivity index (χ0v) is 13.8. The van der Waals surface area contributed by atoms with Crippen molar-refractivity contribution in [1.82, 2.24) is 20.1 Å². The van der Waals surface area contributed by atoms with E-state index in [2.05, 4.69) is 20.7 Å². The zero-order valence-electron chi connectivity index (χ0n) is 13.0. The summed E-state index contributed by atoms with van der Waals surface area (Å²) in [6.45, 7) is 1.26. The topological polar surface area (TPSA) is 54.8 Å². The zero-order chi connectivity index (χ0) is 17.4. The van der Waals surface area contributed by atoms with Gasteiger partial charge in [0.1, 0.15) is 17.8 Å². The van der Waals surface area contributed by atoms with Crippen molar-refractivity contribution < 1.29 is 8.78 Å². The average molecular weight is 362 g/mol. The molecule has 0 fully saturated rings. The second kappa shape index (κ2) is 6.42. The van der Waals surface area contributed by atoms with Crippen LogP contribution in [-0.4, -0.2) is 21.3 Å². The lowest BCUT2D eigenvalue weighted by Crippen LogP contribution is -2.37. The second-order valence-electron chi connectivity index (χ2n) is 5.73. The third-order valence-corrected chi connectivity index (χ3v) is 4.37. The van der Waals surface area contributed by atoms with Gasteiger partial charge in [-0.1, -0.05) is 11.6 Å². The molecular formula is C17H14ClF2N5. The first kappa shape index (κ1) is 16.0. The van der Waals surface area contributed by atoms with Crippen molar-refractivity contribution in [3.05, 3.63) is 65.1 Å². The fraction of sp³-hybridized carbons (Fsp3) is 0.176. The van der Waals surface area contributed by atoms with Gasteiger partial charge in [0.2, 0.25) is 0 Å². The van der Waals surface area contributed by atoms with Gasteiger partial charge in [0, 0.05) is 24.3 Å². The van der Waals surface area contributed by atoms with Crippen molar-refractivity contribution in [2.75, 3.05) is 11.9 Å². The van der Waals surface area contributed by atoms with Crippen LogP contribution in [0.5, 0.6) is 0 Å². The highest BCUT2D eigenvalue weighted by atomic mass is 35.5. The molecule has 0 amide bonds. The number of nitrogens with one attached hydrogen (secondary N) is 2. The molecule has 5 nitrogen and oxygen atoms in total. The molecule has 1 aliphatic heterocycles. The largest absolute Gasteiger partial charge is 0.363 e.